The molecule has 0 fully saturated rings. The first-order valence-electron chi connectivity index (χ1n) is 7.97. The van der Waals surface area contributed by atoms with Crippen molar-refractivity contribution < 1.29 is 24.6 Å². The molecule has 2 aromatic carbocycles. The van der Waals surface area contributed by atoms with E-state index in [1.807, 2.05) is 29.6 Å². The molecule has 0 saturated carbocycles. The second-order valence-electron chi connectivity index (χ2n) is 5.68. The topological polar surface area (TPSA) is 64.5 Å². The molecule has 0 aliphatic carbocycles. The zero-order valence-corrected chi connectivity index (χ0v) is 14.0. The Morgan fingerprint density at radius 2 is 1.92 bits per heavy atom. The molecule has 2 aromatic rings. The van der Waals surface area contributed by atoms with E-state index in [1.165, 1.54) is 0 Å². The third-order valence-electron chi connectivity index (χ3n) is 3.69. The maximum absolute atomic E-state index is 10.00. The molecule has 3 rings (SSSR count). The molecule has 1 aliphatic rings. The number of aliphatic hydroxyl groups excluding tert-OH is 1. The lowest BCUT2D eigenvalue weighted by molar-refractivity contribution is -0.666. The van der Waals surface area contributed by atoms with Crippen LogP contribution in [0.25, 0.3) is 0 Å². The molecule has 2 atom stereocenters. The summed E-state index contributed by atoms with van der Waals surface area (Å²) in [4.78, 5) is 0. The summed E-state index contributed by atoms with van der Waals surface area (Å²) in [6.07, 6.45) is -0.582. The Kier molecular flexibility index (Phi) is 5.80. The van der Waals surface area contributed by atoms with Crippen molar-refractivity contribution in [1.29, 1.82) is 0 Å². The van der Waals surface area contributed by atoms with E-state index >= 15 is 0 Å². The Balaban J connectivity index is 1.35. The van der Waals surface area contributed by atoms with Gasteiger partial charge in [-0.3, -0.25) is 0 Å². The van der Waals surface area contributed by atoms with Crippen LogP contribution in [-0.4, -0.2) is 43.6 Å². The molecule has 0 bridgehead atoms. The number of rotatable bonds is 7. The fourth-order valence-electron chi connectivity index (χ4n) is 2.45. The molecule has 128 valence electrons. The number of para-hydroxylation sites is 2. The summed E-state index contributed by atoms with van der Waals surface area (Å²) in [7, 11) is 0. The largest absolute Gasteiger partial charge is 0.491 e. The minimum Gasteiger partial charge on any atom is -0.491 e. The monoisotopic (exact) mass is 350 g/mol. The van der Waals surface area contributed by atoms with Crippen LogP contribution in [0.15, 0.2) is 48.5 Å². The van der Waals surface area contributed by atoms with Crippen LogP contribution in [0, 0.1) is 0 Å². The van der Waals surface area contributed by atoms with E-state index in [4.69, 9.17) is 25.8 Å². The summed E-state index contributed by atoms with van der Waals surface area (Å²) < 4.78 is 17.1. The first-order valence-corrected chi connectivity index (χ1v) is 8.35. The normalized spacial score (nSPS) is 17.3. The minimum atomic E-state index is -0.558. The van der Waals surface area contributed by atoms with Crippen LogP contribution in [0.5, 0.6) is 17.2 Å². The summed E-state index contributed by atoms with van der Waals surface area (Å²) >= 11 is 5.82. The van der Waals surface area contributed by atoms with Crippen LogP contribution < -0.4 is 19.5 Å². The van der Waals surface area contributed by atoms with Crippen molar-refractivity contribution in [3.63, 3.8) is 0 Å². The molecule has 3 N–H and O–H groups in total. The van der Waals surface area contributed by atoms with Gasteiger partial charge in [0.2, 0.25) is 0 Å². The van der Waals surface area contributed by atoms with Gasteiger partial charge in [0.15, 0.2) is 17.6 Å². The van der Waals surface area contributed by atoms with Crippen LogP contribution >= 0.6 is 11.6 Å². The van der Waals surface area contributed by atoms with Crippen molar-refractivity contribution in [1.82, 2.24) is 0 Å². The Hall–Kier alpha value is -1.95. The van der Waals surface area contributed by atoms with E-state index in [2.05, 4.69) is 0 Å². The van der Waals surface area contributed by atoms with E-state index in [0.29, 0.717) is 30.5 Å². The number of aliphatic hydroxyl groups is 1. The molecule has 0 radical (unpaired) electrons. The number of hydrogen-bond acceptors (Lipinski definition) is 4. The van der Waals surface area contributed by atoms with Gasteiger partial charge in [-0.05, 0) is 36.4 Å². The molecule has 0 aromatic heterocycles. The zero-order chi connectivity index (χ0) is 16.8. The van der Waals surface area contributed by atoms with Gasteiger partial charge in [-0.15, -0.1) is 0 Å². The summed E-state index contributed by atoms with van der Waals surface area (Å²) in [6.45, 7) is 2.01. The Morgan fingerprint density at radius 3 is 2.71 bits per heavy atom. The van der Waals surface area contributed by atoms with E-state index < -0.39 is 6.10 Å². The average molecular weight is 351 g/mol. The van der Waals surface area contributed by atoms with Gasteiger partial charge in [0.1, 0.15) is 38.2 Å². The van der Waals surface area contributed by atoms with Gasteiger partial charge in [-0.2, -0.15) is 0 Å². The van der Waals surface area contributed by atoms with Crippen molar-refractivity contribution in [2.45, 2.75) is 12.2 Å². The maximum atomic E-state index is 10.00. The van der Waals surface area contributed by atoms with Gasteiger partial charge in [-0.1, -0.05) is 23.7 Å². The summed E-state index contributed by atoms with van der Waals surface area (Å²) in [5, 5.41) is 12.7. The Bertz CT molecular complexity index is 650. The number of halogens is 1. The van der Waals surface area contributed by atoms with Crippen LogP contribution in [0.4, 0.5) is 0 Å². The number of fused-ring (bicyclic) bond motifs is 1. The van der Waals surface area contributed by atoms with Crippen LogP contribution in [0.2, 0.25) is 5.02 Å². The van der Waals surface area contributed by atoms with Crippen molar-refractivity contribution in [3.8, 4) is 17.2 Å². The highest BCUT2D eigenvalue weighted by atomic mass is 35.5. The second kappa shape index (κ2) is 8.24. The second-order valence-corrected chi connectivity index (χ2v) is 6.11. The van der Waals surface area contributed by atoms with Crippen LogP contribution in [0.1, 0.15) is 0 Å². The van der Waals surface area contributed by atoms with E-state index in [-0.39, 0.29) is 12.7 Å². The lowest BCUT2D eigenvalue weighted by Gasteiger charge is -2.25. The standard InChI is InChI=1S/C18H20ClNO4/c19-13-5-7-15(8-6-13)22-11-14(21)9-20-10-16-12-23-17-3-1-2-4-18(17)24-16/h1-8,14,16,20-21H,9-12H2/p+1/t14-,16-/m1/s1. The molecule has 0 amide bonds. The maximum Gasteiger partial charge on any atom is 0.181 e. The molecular formula is C18H21ClNO4+. The van der Waals surface area contributed by atoms with Crippen molar-refractivity contribution in [3.05, 3.63) is 53.6 Å². The highest BCUT2D eigenvalue weighted by molar-refractivity contribution is 6.30. The summed E-state index contributed by atoms with van der Waals surface area (Å²) in [5.41, 5.74) is 0. The Morgan fingerprint density at radius 1 is 1.17 bits per heavy atom. The number of quaternary nitrogens is 1. The SMILES string of the molecule is O[C@H](C[NH2+]C[C@@H]1COc2ccccc2O1)COc1ccc(Cl)cc1. The summed E-state index contributed by atoms with van der Waals surface area (Å²) in [5.74, 6) is 2.25. The van der Waals surface area contributed by atoms with Crippen molar-refractivity contribution in [2.24, 2.45) is 0 Å². The highest BCUT2D eigenvalue weighted by Crippen LogP contribution is 2.30. The molecule has 6 heteroatoms. The fraction of sp³-hybridized carbons (Fsp3) is 0.333. The first kappa shape index (κ1) is 16.9. The average Bonchev–Trinajstić information content (AvgIpc) is 2.61. The zero-order valence-electron chi connectivity index (χ0n) is 13.2. The number of benzene rings is 2. The lowest BCUT2D eigenvalue weighted by atomic mass is 10.2. The highest BCUT2D eigenvalue weighted by Gasteiger charge is 2.22. The molecule has 0 spiro atoms. The number of ether oxygens (including phenoxy) is 3. The molecule has 0 unspecified atom stereocenters. The quantitative estimate of drug-likeness (QED) is 0.794. The molecule has 1 heterocycles. The molecule has 5 nitrogen and oxygen atoms in total. The predicted molar refractivity (Wildman–Crippen MR) is 91.0 cm³/mol. The van der Waals surface area contributed by atoms with E-state index in [9.17, 15) is 5.11 Å². The molecule has 0 saturated heterocycles. The van der Waals surface area contributed by atoms with Gasteiger partial charge in [0, 0.05) is 5.02 Å². The predicted octanol–water partition coefficient (Wildman–Crippen LogP) is 1.48. The van der Waals surface area contributed by atoms with Gasteiger partial charge < -0.3 is 24.6 Å². The minimum absolute atomic E-state index is 0.0238. The Labute approximate surface area is 146 Å². The van der Waals surface area contributed by atoms with Gasteiger partial charge in [0.25, 0.3) is 0 Å². The van der Waals surface area contributed by atoms with Gasteiger partial charge in [0.05, 0.1) is 0 Å². The fourth-order valence-corrected chi connectivity index (χ4v) is 2.57. The van der Waals surface area contributed by atoms with E-state index in [1.54, 1.807) is 24.3 Å². The third kappa shape index (κ3) is 4.77. The number of hydrogen-bond donors (Lipinski definition) is 2. The third-order valence-corrected chi connectivity index (χ3v) is 3.94. The lowest BCUT2D eigenvalue weighted by Crippen LogP contribution is -2.89. The first-order chi connectivity index (χ1) is 11.7. The molecule has 1 aliphatic heterocycles. The van der Waals surface area contributed by atoms with Crippen molar-refractivity contribution >= 4 is 11.6 Å². The summed E-state index contributed by atoms with van der Waals surface area (Å²) in [6, 6.07) is 14.7. The van der Waals surface area contributed by atoms with E-state index in [0.717, 1.165) is 11.5 Å². The van der Waals surface area contributed by atoms with Gasteiger partial charge in [-0.25, -0.2) is 0 Å². The van der Waals surface area contributed by atoms with Crippen molar-refractivity contribution in [2.75, 3.05) is 26.3 Å². The van der Waals surface area contributed by atoms with Crippen LogP contribution in [-0.2, 0) is 0 Å². The molecular weight excluding hydrogens is 330 g/mol. The van der Waals surface area contributed by atoms with Gasteiger partial charge >= 0.3 is 0 Å². The van der Waals surface area contributed by atoms with Crippen LogP contribution in [0.3, 0.4) is 0 Å². The number of nitrogens with two attached hydrogens (primary N) is 1. The smallest absolute Gasteiger partial charge is 0.181 e. The molecule has 24 heavy (non-hydrogen) atoms.